The van der Waals surface area contributed by atoms with Gasteiger partial charge < -0.3 is 14.0 Å². The topological polar surface area (TPSA) is 92.3 Å². The summed E-state index contributed by atoms with van der Waals surface area (Å²) >= 11 is -2.10. The lowest BCUT2D eigenvalue weighted by molar-refractivity contribution is -0.153. The van der Waals surface area contributed by atoms with Gasteiger partial charge in [-0.3, -0.25) is 0 Å². The van der Waals surface area contributed by atoms with E-state index in [9.17, 15) is 35.3 Å². The Morgan fingerprint density at radius 1 is 0.971 bits per heavy atom. The molecule has 2 rings (SSSR count). The third-order valence-electron chi connectivity index (χ3n) is 4.11. The number of hydrogen-bond acceptors (Lipinski definition) is 6. The summed E-state index contributed by atoms with van der Waals surface area (Å²) in [6, 6.07) is 6.52. The summed E-state index contributed by atoms with van der Waals surface area (Å²) in [5.74, 6) is -2.07. The van der Waals surface area contributed by atoms with Crippen LogP contribution in [0.3, 0.4) is 0 Å². The highest BCUT2D eigenvalue weighted by atomic mass is 32.2. The summed E-state index contributed by atoms with van der Waals surface area (Å²) in [5.41, 5.74) is -2.13. The summed E-state index contributed by atoms with van der Waals surface area (Å²) in [4.78, 5) is -0.198. The number of nitriles is 2. The molecule has 0 heterocycles. The second kappa shape index (κ2) is 10.8. The molecule has 34 heavy (non-hydrogen) atoms. The van der Waals surface area contributed by atoms with Crippen LogP contribution < -0.4 is 9.47 Å². The first-order valence-corrected chi connectivity index (χ1v) is 10.2. The quantitative estimate of drug-likeness (QED) is 0.383. The van der Waals surface area contributed by atoms with E-state index in [0.717, 1.165) is 16.4 Å². The van der Waals surface area contributed by atoms with Crippen molar-refractivity contribution in [2.24, 2.45) is 0 Å². The molecule has 2 aromatic carbocycles. The van der Waals surface area contributed by atoms with Crippen LogP contribution in [0.1, 0.15) is 16.7 Å². The Hall–Kier alpha value is -3.20. The highest BCUT2D eigenvalue weighted by Crippen LogP contribution is 2.33. The number of likely N-dealkylation sites (N-methyl/N-ethyl adjacent to an activating group) is 1. The Labute approximate surface area is 192 Å². The molecule has 0 aliphatic heterocycles. The van der Waals surface area contributed by atoms with Crippen molar-refractivity contribution in [2.75, 3.05) is 26.8 Å². The maximum absolute atomic E-state index is 13.9. The molecule has 0 N–H and O–H groups in total. The van der Waals surface area contributed by atoms with Crippen LogP contribution in [0.15, 0.2) is 35.2 Å². The summed E-state index contributed by atoms with van der Waals surface area (Å²) in [5, 5.41) is 18.0. The van der Waals surface area contributed by atoms with Crippen molar-refractivity contribution in [3.8, 4) is 23.6 Å². The average Bonchev–Trinajstić information content (AvgIpc) is 2.76. The molecule has 0 aromatic heterocycles. The smallest absolute Gasteiger partial charge is 0.422 e. The van der Waals surface area contributed by atoms with Gasteiger partial charge in [-0.1, -0.05) is 0 Å². The van der Waals surface area contributed by atoms with Gasteiger partial charge in [-0.25, -0.2) is 4.39 Å². The molecule has 1 unspecified atom stereocenters. The van der Waals surface area contributed by atoms with E-state index in [1.165, 1.54) is 13.1 Å². The van der Waals surface area contributed by atoms with Gasteiger partial charge >= 0.3 is 12.4 Å². The molecule has 0 radical (unpaired) electrons. The van der Waals surface area contributed by atoms with Gasteiger partial charge in [0.05, 0.1) is 29.0 Å². The van der Waals surface area contributed by atoms with Gasteiger partial charge in [0, 0.05) is 19.2 Å². The van der Waals surface area contributed by atoms with E-state index in [2.05, 4.69) is 4.74 Å². The SMILES string of the molecule is CN(CCOc1cc(F)c(C#N)cc1OCC(F)(F)F)[S+]([O-])c1ccc(C(F)(F)F)cc1C#N. The van der Waals surface area contributed by atoms with Gasteiger partial charge in [0.25, 0.3) is 0 Å². The molecule has 0 saturated carbocycles. The summed E-state index contributed by atoms with van der Waals surface area (Å²) in [6.07, 6.45) is -9.41. The minimum absolute atomic E-state index is 0.196. The van der Waals surface area contributed by atoms with Crippen molar-refractivity contribution in [2.45, 2.75) is 17.2 Å². The van der Waals surface area contributed by atoms with E-state index < -0.39 is 64.3 Å². The predicted octanol–water partition coefficient (Wildman–Crippen LogP) is 4.56. The Morgan fingerprint density at radius 3 is 2.15 bits per heavy atom. The maximum atomic E-state index is 13.9. The van der Waals surface area contributed by atoms with E-state index in [-0.39, 0.29) is 18.0 Å². The molecule has 182 valence electrons. The second-order valence-electron chi connectivity index (χ2n) is 6.56. The zero-order valence-electron chi connectivity index (χ0n) is 17.1. The van der Waals surface area contributed by atoms with Gasteiger partial charge in [-0.15, -0.1) is 4.31 Å². The van der Waals surface area contributed by atoms with Crippen molar-refractivity contribution >= 4 is 11.4 Å². The summed E-state index contributed by atoms with van der Waals surface area (Å²) in [7, 11) is 1.29. The Morgan fingerprint density at radius 2 is 1.59 bits per heavy atom. The van der Waals surface area contributed by atoms with Crippen molar-refractivity contribution in [3.63, 3.8) is 0 Å². The standard InChI is InChI=1S/C20H14F7N3O3S/c1-30(34(31)18-3-2-14(20(25,26)27)6-13(18)10-29)4-5-32-17-8-15(21)12(9-28)7-16(17)33-11-19(22,23)24/h2-3,6-8H,4-5,11H2,1H3. The van der Waals surface area contributed by atoms with Crippen LogP contribution in [0.5, 0.6) is 11.5 Å². The molecule has 0 fully saturated rings. The van der Waals surface area contributed by atoms with Gasteiger partial charge in [-0.05, 0) is 18.2 Å². The lowest BCUT2D eigenvalue weighted by Gasteiger charge is -2.21. The Bertz CT molecular complexity index is 1110. The first-order chi connectivity index (χ1) is 15.8. The van der Waals surface area contributed by atoms with Crippen molar-refractivity contribution in [3.05, 3.63) is 52.8 Å². The molecule has 2 aromatic rings. The molecule has 6 nitrogen and oxygen atoms in total. The number of hydrogen-bond donors (Lipinski definition) is 0. The number of rotatable bonds is 8. The number of benzene rings is 2. The average molecular weight is 509 g/mol. The largest absolute Gasteiger partial charge is 0.593 e. The van der Waals surface area contributed by atoms with Crippen molar-refractivity contribution in [1.29, 1.82) is 10.5 Å². The fourth-order valence-electron chi connectivity index (χ4n) is 2.49. The lowest BCUT2D eigenvalue weighted by Crippen LogP contribution is -2.31. The normalized spacial score (nSPS) is 12.7. The number of nitrogens with zero attached hydrogens (tertiary/aromatic N) is 3. The molecule has 0 aliphatic rings. The number of halogens is 7. The molecule has 0 spiro atoms. The van der Waals surface area contributed by atoms with E-state index >= 15 is 0 Å². The molecule has 0 bridgehead atoms. The Kier molecular flexibility index (Phi) is 8.61. The Balaban J connectivity index is 2.13. The zero-order chi connectivity index (χ0) is 25.7. The van der Waals surface area contributed by atoms with Crippen LogP contribution in [0, 0.1) is 28.5 Å². The van der Waals surface area contributed by atoms with Crippen molar-refractivity contribution < 1.29 is 44.8 Å². The fraction of sp³-hybridized carbons (Fsp3) is 0.300. The van der Waals surface area contributed by atoms with E-state index in [1.54, 1.807) is 6.07 Å². The first kappa shape index (κ1) is 27.0. The van der Waals surface area contributed by atoms with Crippen LogP contribution >= 0.6 is 0 Å². The lowest BCUT2D eigenvalue weighted by atomic mass is 10.1. The van der Waals surface area contributed by atoms with Gasteiger partial charge in [0.1, 0.15) is 30.1 Å². The minimum atomic E-state index is -4.71. The van der Waals surface area contributed by atoms with Crippen LogP contribution in [0.4, 0.5) is 30.7 Å². The molecule has 14 heteroatoms. The highest BCUT2D eigenvalue weighted by Gasteiger charge is 2.33. The monoisotopic (exact) mass is 509 g/mol. The van der Waals surface area contributed by atoms with E-state index in [0.29, 0.717) is 18.2 Å². The zero-order valence-corrected chi connectivity index (χ0v) is 17.9. The van der Waals surface area contributed by atoms with Crippen LogP contribution in [-0.4, -0.2) is 41.8 Å². The molecule has 0 saturated heterocycles. The summed E-state index contributed by atoms with van der Waals surface area (Å²) < 4.78 is 113. The van der Waals surface area contributed by atoms with Crippen LogP contribution in [-0.2, 0) is 17.5 Å². The third-order valence-corrected chi connectivity index (χ3v) is 5.59. The maximum Gasteiger partial charge on any atom is 0.422 e. The van der Waals surface area contributed by atoms with Gasteiger partial charge in [-0.2, -0.15) is 36.9 Å². The van der Waals surface area contributed by atoms with E-state index in [4.69, 9.17) is 15.3 Å². The second-order valence-corrected chi connectivity index (χ2v) is 8.13. The van der Waals surface area contributed by atoms with Crippen LogP contribution in [0.25, 0.3) is 0 Å². The van der Waals surface area contributed by atoms with Crippen molar-refractivity contribution in [1.82, 2.24) is 4.31 Å². The number of ether oxygens (including phenoxy) is 2. The summed E-state index contributed by atoms with van der Waals surface area (Å²) in [6.45, 7) is -2.29. The molecule has 1 atom stereocenters. The number of alkyl halides is 6. The molecule has 0 aliphatic carbocycles. The van der Waals surface area contributed by atoms with Gasteiger partial charge in [0.2, 0.25) is 0 Å². The fourth-order valence-corrected chi connectivity index (χ4v) is 3.54. The predicted molar refractivity (Wildman–Crippen MR) is 103 cm³/mol. The minimum Gasteiger partial charge on any atom is -0.593 e. The van der Waals surface area contributed by atoms with E-state index in [1.807, 2.05) is 0 Å². The third kappa shape index (κ3) is 7.15. The highest BCUT2D eigenvalue weighted by molar-refractivity contribution is 7.89. The molecular formula is C20H14F7N3O3S. The molecule has 0 amide bonds. The van der Waals surface area contributed by atoms with Gasteiger partial charge in [0.15, 0.2) is 23.0 Å². The first-order valence-electron chi connectivity index (χ1n) is 9.07. The van der Waals surface area contributed by atoms with Crippen LogP contribution in [0.2, 0.25) is 0 Å². The molecular weight excluding hydrogens is 495 g/mol.